The van der Waals surface area contributed by atoms with Gasteiger partial charge in [0.25, 0.3) is 11.8 Å². The van der Waals surface area contributed by atoms with Gasteiger partial charge in [0, 0.05) is 19.8 Å². The lowest BCUT2D eigenvalue weighted by atomic mass is 9.98. The van der Waals surface area contributed by atoms with Gasteiger partial charge >= 0.3 is 6.18 Å². The Morgan fingerprint density at radius 2 is 1.65 bits per heavy atom. The molecule has 0 aliphatic carbocycles. The van der Waals surface area contributed by atoms with Crippen LogP contribution in [-0.2, 0) is 6.18 Å². The number of carbonyl (C=O) groups excluding carboxylic acids is 2. The van der Waals surface area contributed by atoms with Crippen LogP contribution in [0.1, 0.15) is 32.1 Å². The van der Waals surface area contributed by atoms with Crippen molar-refractivity contribution in [2.24, 2.45) is 0 Å². The number of rotatable bonds is 4. The molecule has 3 rings (SSSR count). The van der Waals surface area contributed by atoms with E-state index in [9.17, 15) is 22.8 Å². The summed E-state index contributed by atoms with van der Waals surface area (Å²) < 4.78 is 41.0. The second-order valence-corrected chi connectivity index (χ2v) is 7.11. The SMILES string of the molecule is Cc1nc(C(=O)N(C)C)ccc1C(=O)Nc1ccc(-c2ccccc2)c(C(F)(F)F)c1. The Balaban J connectivity index is 1.91. The molecule has 0 saturated carbocycles. The Morgan fingerprint density at radius 3 is 2.23 bits per heavy atom. The van der Waals surface area contributed by atoms with Crippen LogP contribution in [0.2, 0.25) is 0 Å². The van der Waals surface area contributed by atoms with E-state index in [0.717, 1.165) is 6.07 Å². The Kier molecular flexibility index (Phi) is 6.10. The summed E-state index contributed by atoms with van der Waals surface area (Å²) in [6.45, 7) is 1.56. The Morgan fingerprint density at radius 1 is 0.968 bits per heavy atom. The molecule has 0 fully saturated rings. The van der Waals surface area contributed by atoms with Gasteiger partial charge in [-0.1, -0.05) is 36.4 Å². The number of hydrogen-bond donors (Lipinski definition) is 1. The number of nitrogens with zero attached hydrogens (tertiary/aromatic N) is 2. The van der Waals surface area contributed by atoms with Crippen LogP contribution in [0.4, 0.5) is 18.9 Å². The predicted molar refractivity (Wildman–Crippen MR) is 112 cm³/mol. The van der Waals surface area contributed by atoms with Gasteiger partial charge in [0.1, 0.15) is 5.69 Å². The van der Waals surface area contributed by atoms with E-state index in [-0.39, 0.29) is 28.4 Å². The minimum Gasteiger partial charge on any atom is -0.343 e. The molecule has 5 nitrogen and oxygen atoms in total. The monoisotopic (exact) mass is 427 g/mol. The molecule has 2 aromatic carbocycles. The first-order valence-electron chi connectivity index (χ1n) is 9.35. The van der Waals surface area contributed by atoms with E-state index in [1.54, 1.807) is 51.4 Å². The maximum absolute atomic E-state index is 13.7. The molecule has 0 bridgehead atoms. The number of anilines is 1. The average molecular weight is 427 g/mol. The highest BCUT2D eigenvalue weighted by Crippen LogP contribution is 2.38. The smallest absolute Gasteiger partial charge is 0.343 e. The molecular formula is C23H20F3N3O2. The number of aryl methyl sites for hydroxylation is 1. The number of pyridine rings is 1. The van der Waals surface area contributed by atoms with Crippen molar-refractivity contribution in [1.29, 1.82) is 0 Å². The number of aromatic nitrogens is 1. The van der Waals surface area contributed by atoms with Crippen LogP contribution in [0, 0.1) is 6.92 Å². The quantitative estimate of drug-likeness (QED) is 0.635. The summed E-state index contributed by atoms with van der Waals surface area (Å²) in [7, 11) is 3.16. The van der Waals surface area contributed by atoms with E-state index in [1.807, 2.05) is 0 Å². The molecule has 0 spiro atoms. The lowest BCUT2D eigenvalue weighted by Gasteiger charge is -2.16. The van der Waals surface area contributed by atoms with Crippen molar-refractivity contribution in [1.82, 2.24) is 9.88 Å². The highest BCUT2D eigenvalue weighted by molar-refractivity contribution is 6.05. The largest absolute Gasteiger partial charge is 0.417 e. The molecule has 1 heterocycles. The minimum absolute atomic E-state index is 0.00449. The van der Waals surface area contributed by atoms with E-state index in [0.29, 0.717) is 11.3 Å². The molecule has 0 saturated heterocycles. The van der Waals surface area contributed by atoms with Gasteiger partial charge in [0.05, 0.1) is 16.8 Å². The number of halogens is 3. The third kappa shape index (κ3) is 4.91. The van der Waals surface area contributed by atoms with Crippen molar-refractivity contribution in [3.05, 3.63) is 83.2 Å². The summed E-state index contributed by atoms with van der Waals surface area (Å²) in [5.41, 5.74) is 0.233. The molecule has 0 aliphatic rings. The summed E-state index contributed by atoms with van der Waals surface area (Å²) in [5, 5.41) is 2.49. The summed E-state index contributed by atoms with van der Waals surface area (Å²) in [4.78, 5) is 30.1. The van der Waals surface area contributed by atoms with Crippen molar-refractivity contribution in [3.8, 4) is 11.1 Å². The molecule has 2 amide bonds. The molecule has 0 unspecified atom stereocenters. The Hall–Kier alpha value is -3.68. The minimum atomic E-state index is -4.60. The standard InChI is InChI=1S/C23H20F3N3O2/c1-14-17(11-12-20(27-14)22(31)29(2)3)21(30)28-16-9-10-18(15-7-5-4-6-8-15)19(13-16)23(24,25)26/h4-13H,1-3H3,(H,28,30). The third-order valence-corrected chi connectivity index (χ3v) is 4.62. The average Bonchev–Trinajstić information content (AvgIpc) is 2.73. The zero-order chi connectivity index (χ0) is 22.8. The van der Waals surface area contributed by atoms with Crippen LogP contribution in [0.5, 0.6) is 0 Å². The maximum atomic E-state index is 13.7. The fraction of sp³-hybridized carbons (Fsp3) is 0.174. The van der Waals surface area contributed by atoms with E-state index >= 15 is 0 Å². The van der Waals surface area contributed by atoms with E-state index in [4.69, 9.17) is 0 Å². The van der Waals surface area contributed by atoms with Gasteiger partial charge < -0.3 is 10.2 Å². The number of alkyl halides is 3. The molecule has 1 aromatic heterocycles. The van der Waals surface area contributed by atoms with Crippen LogP contribution in [0.25, 0.3) is 11.1 Å². The van der Waals surface area contributed by atoms with E-state index in [2.05, 4.69) is 10.3 Å². The number of benzene rings is 2. The first-order valence-corrected chi connectivity index (χ1v) is 9.35. The first kappa shape index (κ1) is 22.0. The molecule has 160 valence electrons. The van der Waals surface area contributed by atoms with Gasteiger partial charge in [0.2, 0.25) is 0 Å². The van der Waals surface area contributed by atoms with E-state index in [1.165, 1.54) is 29.2 Å². The molecule has 0 radical (unpaired) electrons. The Labute approximate surface area is 177 Å². The van der Waals surface area contributed by atoms with Gasteiger partial charge in [-0.15, -0.1) is 0 Å². The van der Waals surface area contributed by atoms with Gasteiger partial charge in [-0.25, -0.2) is 4.98 Å². The molecule has 0 atom stereocenters. The summed E-state index contributed by atoms with van der Waals surface area (Å²) in [6.07, 6.45) is -4.60. The van der Waals surface area contributed by atoms with Gasteiger partial charge in [-0.3, -0.25) is 9.59 Å². The van der Waals surface area contributed by atoms with Crippen molar-refractivity contribution in [2.75, 3.05) is 19.4 Å². The molecule has 1 N–H and O–H groups in total. The number of nitrogens with one attached hydrogen (secondary N) is 1. The molecular weight excluding hydrogens is 407 g/mol. The highest BCUT2D eigenvalue weighted by Gasteiger charge is 2.34. The number of carbonyl (C=O) groups is 2. The van der Waals surface area contributed by atoms with Gasteiger partial charge in [-0.05, 0) is 42.3 Å². The second-order valence-electron chi connectivity index (χ2n) is 7.11. The topological polar surface area (TPSA) is 62.3 Å². The molecule has 8 heteroatoms. The molecule has 0 aliphatic heterocycles. The fourth-order valence-electron chi connectivity index (χ4n) is 3.07. The summed E-state index contributed by atoms with van der Waals surface area (Å²) >= 11 is 0. The molecule has 3 aromatic rings. The number of hydrogen-bond acceptors (Lipinski definition) is 3. The Bertz CT molecular complexity index is 1130. The van der Waals surface area contributed by atoms with E-state index < -0.39 is 17.6 Å². The maximum Gasteiger partial charge on any atom is 0.417 e. The number of amides is 2. The van der Waals surface area contributed by atoms with Crippen LogP contribution in [0.3, 0.4) is 0 Å². The fourth-order valence-corrected chi connectivity index (χ4v) is 3.07. The predicted octanol–water partition coefficient (Wildman–Crippen LogP) is 5.03. The molecule has 31 heavy (non-hydrogen) atoms. The van der Waals surface area contributed by atoms with Crippen molar-refractivity contribution in [3.63, 3.8) is 0 Å². The third-order valence-electron chi connectivity index (χ3n) is 4.62. The van der Waals surface area contributed by atoms with Crippen LogP contribution in [0.15, 0.2) is 60.7 Å². The second kappa shape index (κ2) is 8.59. The van der Waals surface area contributed by atoms with Crippen LogP contribution < -0.4 is 5.32 Å². The van der Waals surface area contributed by atoms with Gasteiger partial charge in [0.15, 0.2) is 0 Å². The first-order chi connectivity index (χ1) is 14.6. The highest BCUT2D eigenvalue weighted by atomic mass is 19.4. The zero-order valence-corrected chi connectivity index (χ0v) is 17.1. The van der Waals surface area contributed by atoms with Crippen molar-refractivity contribution < 1.29 is 22.8 Å². The summed E-state index contributed by atoms with van der Waals surface area (Å²) in [6, 6.07) is 14.7. The van der Waals surface area contributed by atoms with Crippen LogP contribution >= 0.6 is 0 Å². The van der Waals surface area contributed by atoms with Gasteiger partial charge in [-0.2, -0.15) is 13.2 Å². The van der Waals surface area contributed by atoms with Crippen molar-refractivity contribution >= 4 is 17.5 Å². The van der Waals surface area contributed by atoms with Crippen molar-refractivity contribution in [2.45, 2.75) is 13.1 Å². The normalized spacial score (nSPS) is 11.2. The lowest BCUT2D eigenvalue weighted by molar-refractivity contribution is -0.137. The lowest BCUT2D eigenvalue weighted by Crippen LogP contribution is -2.24. The zero-order valence-electron chi connectivity index (χ0n) is 17.1. The van der Waals surface area contributed by atoms with Crippen LogP contribution in [-0.4, -0.2) is 35.8 Å². The summed E-state index contributed by atoms with van der Waals surface area (Å²) in [5.74, 6) is -0.934.